The van der Waals surface area contributed by atoms with Crippen LogP contribution >= 0.6 is 0 Å². The zero-order valence-electron chi connectivity index (χ0n) is 10.5. The molecule has 0 radical (unpaired) electrons. The van der Waals surface area contributed by atoms with E-state index in [0.29, 0.717) is 16.9 Å². The van der Waals surface area contributed by atoms with Gasteiger partial charge in [-0.1, -0.05) is 20.8 Å². The minimum Gasteiger partial charge on any atom is -0.395 e. The summed E-state index contributed by atoms with van der Waals surface area (Å²) < 4.78 is 0. The average molecular weight is 211 g/mol. The van der Waals surface area contributed by atoms with E-state index < -0.39 is 0 Å². The van der Waals surface area contributed by atoms with Gasteiger partial charge in [0.05, 0.1) is 6.61 Å². The highest BCUT2D eigenvalue weighted by atomic mass is 16.3. The summed E-state index contributed by atoms with van der Waals surface area (Å²) in [6, 6.07) is 0.843. The van der Waals surface area contributed by atoms with Gasteiger partial charge in [0.15, 0.2) is 0 Å². The Bertz CT molecular complexity index is 251. The monoisotopic (exact) mass is 211 g/mol. The van der Waals surface area contributed by atoms with Crippen molar-refractivity contribution in [1.82, 2.24) is 5.32 Å². The highest BCUT2D eigenvalue weighted by Gasteiger charge is 2.61. The van der Waals surface area contributed by atoms with Crippen LogP contribution in [0.1, 0.15) is 47.0 Å². The van der Waals surface area contributed by atoms with Crippen LogP contribution in [-0.2, 0) is 0 Å². The van der Waals surface area contributed by atoms with Crippen molar-refractivity contribution >= 4 is 0 Å². The Morgan fingerprint density at radius 1 is 1.40 bits per heavy atom. The first-order chi connectivity index (χ1) is 6.91. The minimum atomic E-state index is 0.238. The molecule has 0 heterocycles. The smallest absolute Gasteiger partial charge is 0.0582 e. The molecule has 2 N–H and O–H groups in total. The Kier molecular flexibility index (Phi) is 2.63. The van der Waals surface area contributed by atoms with Crippen molar-refractivity contribution in [3.05, 3.63) is 0 Å². The lowest BCUT2D eigenvalue weighted by Gasteiger charge is -2.40. The molecule has 88 valence electrons. The van der Waals surface area contributed by atoms with E-state index in [-0.39, 0.29) is 12.6 Å². The zero-order valence-corrected chi connectivity index (χ0v) is 10.5. The molecule has 0 spiro atoms. The first-order valence-corrected chi connectivity index (χ1v) is 6.28. The van der Waals surface area contributed by atoms with E-state index in [9.17, 15) is 0 Å². The van der Waals surface area contributed by atoms with Crippen LogP contribution < -0.4 is 5.32 Å². The molecule has 2 aliphatic carbocycles. The summed E-state index contributed by atoms with van der Waals surface area (Å²) >= 11 is 0. The van der Waals surface area contributed by atoms with E-state index in [4.69, 9.17) is 5.11 Å². The SMILES string of the molecule is C[C@H](CO)NC1C[C@@H]2CC[C@@]1(C)C2(C)C. The molecule has 2 rings (SSSR count). The van der Waals surface area contributed by atoms with Gasteiger partial charge in [0, 0.05) is 12.1 Å². The van der Waals surface area contributed by atoms with Crippen molar-refractivity contribution in [2.45, 2.75) is 59.0 Å². The third-order valence-corrected chi connectivity index (χ3v) is 5.55. The lowest BCUT2D eigenvalue weighted by Crippen LogP contribution is -2.48. The van der Waals surface area contributed by atoms with E-state index >= 15 is 0 Å². The first kappa shape index (κ1) is 11.4. The number of rotatable bonds is 3. The highest BCUT2D eigenvalue weighted by molar-refractivity contribution is 5.13. The molecule has 1 unspecified atom stereocenters. The van der Waals surface area contributed by atoms with Gasteiger partial charge in [0.2, 0.25) is 0 Å². The fraction of sp³-hybridized carbons (Fsp3) is 1.00. The molecule has 0 aromatic rings. The lowest BCUT2D eigenvalue weighted by atomic mass is 9.69. The molecule has 0 aliphatic heterocycles. The summed E-state index contributed by atoms with van der Waals surface area (Å²) in [5.41, 5.74) is 0.904. The number of hydrogen-bond donors (Lipinski definition) is 2. The van der Waals surface area contributed by atoms with Crippen LogP contribution in [0.4, 0.5) is 0 Å². The van der Waals surface area contributed by atoms with Crippen molar-refractivity contribution in [3.8, 4) is 0 Å². The molecule has 2 bridgehead atoms. The Balaban J connectivity index is 2.12. The topological polar surface area (TPSA) is 32.3 Å². The summed E-state index contributed by atoms with van der Waals surface area (Å²) in [5, 5.41) is 12.7. The fourth-order valence-corrected chi connectivity index (χ4v) is 3.85. The maximum absolute atomic E-state index is 9.12. The maximum Gasteiger partial charge on any atom is 0.0582 e. The second-order valence-electron chi connectivity index (χ2n) is 6.41. The van der Waals surface area contributed by atoms with Crippen molar-refractivity contribution < 1.29 is 5.11 Å². The van der Waals surface area contributed by atoms with Gasteiger partial charge in [-0.25, -0.2) is 0 Å². The molecule has 0 aromatic carbocycles. The van der Waals surface area contributed by atoms with Crippen LogP contribution in [0.5, 0.6) is 0 Å². The summed E-state index contributed by atoms with van der Waals surface area (Å²) in [4.78, 5) is 0. The van der Waals surface area contributed by atoms with Crippen LogP contribution in [-0.4, -0.2) is 23.8 Å². The molecular weight excluding hydrogens is 186 g/mol. The Morgan fingerprint density at radius 2 is 2.07 bits per heavy atom. The number of hydrogen-bond acceptors (Lipinski definition) is 2. The van der Waals surface area contributed by atoms with Gasteiger partial charge < -0.3 is 10.4 Å². The Hall–Kier alpha value is -0.0800. The number of fused-ring (bicyclic) bond motifs is 2. The molecular formula is C13H25NO. The van der Waals surface area contributed by atoms with Crippen molar-refractivity contribution in [3.63, 3.8) is 0 Å². The van der Waals surface area contributed by atoms with E-state index in [1.54, 1.807) is 0 Å². The van der Waals surface area contributed by atoms with Gasteiger partial charge >= 0.3 is 0 Å². The highest BCUT2D eigenvalue weighted by Crippen LogP contribution is 2.65. The summed E-state index contributed by atoms with van der Waals surface area (Å²) in [7, 11) is 0. The van der Waals surface area contributed by atoms with Gasteiger partial charge in [0.25, 0.3) is 0 Å². The quantitative estimate of drug-likeness (QED) is 0.750. The van der Waals surface area contributed by atoms with Gasteiger partial charge in [-0.15, -0.1) is 0 Å². The number of aliphatic hydroxyl groups excluding tert-OH is 1. The second kappa shape index (κ2) is 3.46. The third kappa shape index (κ3) is 1.45. The van der Waals surface area contributed by atoms with Crippen LogP contribution in [0, 0.1) is 16.7 Å². The van der Waals surface area contributed by atoms with Crippen molar-refractivity contribution in [2.75, 3.05) is 6.61 Å². The van der Waals surface area contributed by atoms with Crippen molar-refractivity contribution in [2.24, 2.45) is 16.7 Å². The number of nitrogens with one attached hydrogen (secondary N) is 1. The van der Waals surface area contributed by atoms with Crippen molar-refractivity contribution in [1.29, 1.82) is 0 Å². The van der Waals surface area contributed by atoms with E-state index in [1.807, 2.05) is 0 Å². The van der Waals surface area contributed by atoms with Crippen LogP contribution in [0.25, 0.3) is 0 Å². The summed E-state index contributed by atoms with van der Waals surface area (Å²) in [5.74, 6) is 0.880. The van der Waals surface area contributed by atoms with E-state index in [2.05, 4.69) is 33.0 Å². The molecule has 2 saturated carbocycles. The van der Waals surface area contributed by atoms with Gasteiger partial charge in [-0.3, -0.25) is 0 Å². The lowest BCUT2D eigenvalue weighted by molar-refractivity contribution is 0.109. The third-order valence-electron chi connectivity index (χ3n) is 5.55. The van der Waals surface area contributed by atoms with Gasteiger partial charge in [-0.2, -0.15) is 0 Å². The molecule has 15 heavy (non-hydrogen) atoms. The molecule has 2 fully saturated rings. The second-order valence-corrected chi connectivity index (χ2v) is 6.41. The predicted octanol–water partition coefficient (Wildman–Crippen LogP) is 2.17. The zero-order chi connectivity index (χ0) is 11.3. The predicted molar refractivity (Wildman–Crippen MR) is 62.7 cm³/mol. The molecule has 0 saturated heterocycles. The summed E-state index contributed by atoms with van der Waals surface area (Å²) in [6.07, 6.45) is 4.05. The normalized spacial score (nSPS) is 44.6. The van der Waals surface area contributed by atoms with Gasteiger partial charge in [-0.05, 0) is 42.9 Å². The van der Waals surface area contributed by atoms with E-state index in [0.717, 1.165) is 5.92 Å². The van der Waals surface area contributed by atoms with Crippen LogP contribution in [0.15, 0.2) is 0 Å². The first-order valence-electron chi connectivity index (χ1n) is 6.28. The Labute approximate surface area is 93.5 Å². The number of aliphatic hydroxyl groups is 1. The molecule has 0 aromatic heterocycles. The largest absolute Gasteiger partial charge is 0.395 e. The molecule has 4 atom stereocenters. The Morgan fingerprint density at radius 3 is 2.47 bits per heavy atom. The average Bonchev–Trinajstić information content (AvgIpc) is 2.50. The molecule has 0 amide bonds. The van der Waals surface area contributed by atoms with Crippen LogP contribution in [0.3, 0.4) is 0 Å². The maximum atomic E-state index is 9.12. The standard InChI is InChI=1S/C13H25NO/c1-9(8-15)14-11-7-10-5-6-13(11,4)12(10,2)3/h9-11,14-15H,5-8H2,1-4H3/t9-,10+,11?,13-/m1/s1. The molecule has 2 heteroatoms. The molecule has 2 nitrogen and oxygen atoms in total. The van der Waals surface area contributed by atoms with Crippen LogP contribution in [0.2, 0.25) is 0 Å². The molecule has 2 aliphatic rings. The fourth-order valence-electron chi connectivity index (χ4n) is 3.85. The van der Waals surface area contributed by atoms with Gasteiger partial charge in [0.1, 0.15) is 0 Å². The summed E-state index contributed by atoms with van der Waals surface area (Å²) in [6.45, 7) is 9.60. The van der Waals surface area contributed by atoms with E-state index in [1.165, 1.54) is 19.3 Å². The minimum absolute atomic E-state index is 0.238.